The first-order chi connectivity index (χ1) is 20.4. The molecule has 42 heavy (non-hydrogen) atoms. The Morgan fingerprint density at radius 2 is 1.36 bits per heavy atom. The van der Waals surface area contributed by atoms with E-state index in [0.29, 0.717) is 45.3 Å². The standard InChI is InChI=1S/C33H53NO8/c1-5-9-13-20-28(42-26-27-18-14-12-15-19-27)23-24-34(30(35)25-32(37)40-7-3)29(33(38)41-8-4)21-16-10-11-17-22-31(36)39-6-2/h12,14-15,18-19,28-29H,5-11,13,16-17,20-26H2,1-4H3. The van der Waals surface area contributed by atoms with E-state index < -0.39 is 30.3 Å². The molecule has 0 aromatic heterocycles. The van der Waals surface area contributed by atoms with Crippen molar-refractivity contribution in [2.45, 2.75) is 123 Å². The van der Waals surface area contributed by atoms with E-state index in [1.165, 1.54) is 4.90 Å². The van der Waals surface area contributed by atoms with Crippen LogP contribution in [0, 0.1) is 0 Å². The van der Waals surface area contributed by atoms with Crippen molar-refractivity contribution >= 4 is 23.8 Å². The summed E-state index contributed by atoms with van der Waals surface area (Å²) in [6, 6.07) is 9.12. The molecule has 0 aliphatic heterocycles. The second kappa shape index (κ2) is 23.6. The van der Waals surface area contributed by atoms with E-state index in [9.17, 15) is 19.2 Å². The fraction of sp³-hybridized carbons (Fsp3) is 0.697. The quantitative estimate of drug-likeness (QED) is 0.0609. The number of carbonyl (C=O) groups excluding carboxylic acids is 4. The predicted octanol–water partition coefficient (Wildman–Crippen LogP) is 6.16. The van der Waals surface area contributed by atoms with Gasteiger partial charge in [0.2, 0.25) is 5.91 Å². The van der Waals surface area contributed by atoms with E-state index in [1.54, 1.807) is 20.8 Å². The first-order valence-corrected chi connectivity index (χ1v) is 15.8. The van der Waals surface area contributed by atoms with Crippen molar-refractivity contribution in [3.8, 4) is 0 Å². The summed E-state index contributed by atoms with van der Waals surface area (Å²) in [5.41, 5.74) is 1.07. The monoisotopic (exact) mass is 591 g/mol. The lowest BCUT2D eigenvalue weighted by Gasteiger charge is -2.32. The molecule has 0 aliphatic carbocycles. The number of unbranched alkanes of at least 4 members (excludes halogenated alkanes) is 5. The van der Waals surface area contributed by atoms with Gasteiger partial charge in [-0.3, -0.25) is 14.4 Å². The van der Waals surface area contributed by atoms with Crippen LogP contribution in [0.1, 0.15) is 110 Å². The number of carbonyl (C=O) groups is 4. The van der Waals surface area contributed by atoms with E-state index in [-0.39, 0.29) is 31.8 Å². The first-order valence-electron chi connectivity index (χ1n) is 15.8. The molecule has 0 fully saturated rings. The average molecular weight is 592 g/mol. The molecule has 0 heterocycles. The van der Waals surface area contributed by atoms with Crippen molar-refractivity contribution in [3.63, 3.8) is 0 Å². The van der Waals surface area contributed by atoms with E-state index in [4.69, 9.17) is 18.9 Å². The number of ether oxygens (including phenoxy) is 4. The highest BCUT2D eigenvalue weighted by atomic mass is 16.5. The summed E-state index contributed by atoms with van der Waals surface area (Å²) in [5, 5.41) is 0. The number of amides is 1. The van der Waals surface area contributed by atoms with Gasteiger partial charge in [-0.25, -0.2) is 4.79 Å². The molecule has 9 nitrogen and oxygen atoms in total. The highest BCUT2D eigenvalue weighted by Gasteiger charge is 2.32. The lowest BCUT2D eigenvalue weighted by molar-refractivity contribution is -0.158. The molecule has 0 N–H and O–H groups in total. The topological polar surface area (TPSA) is 108 Å². The molecule has 0 saturated carbocycles. The molecule has 0 radical (unpaired) electrons. The van der Waals surface area contributed by atoms with Crippen molar-refractivity contribution in [1.82, 2.24) is 4.90 Å². The highest BCUT2D eigenvalue weighted by Crippen LogP contribution is 2.19. The Hall–Kier alpha value is -2.94. The van der Waals surface area contributed by atoms with Crippen molar-refractivity contribution < 1.29 is 38.1 Å². The van der Waals surface area contributed by atoms with Crippen LogP contribution >= 0.6 is 0 Å². The van der Waals surface area contributed by atoms with E-state index in [1.807, 2.05) is 30.3 Å². The van der Waals surface area contributed by atoms with Crippen LogP contribution in [0.2, 0.25) is 0 Å². The number of hydrogen-bond donors (Lipinski definition) is 0. The summed E-state index contributed by atoms with van der Waals surface area (Å²) >= 11 is 0. The maximum atomic E-state index is 13.4. The molecule has 0 saturated heterocycles. The maximum absolute atomic E-state index is 13.4. The van der Waals surface area contributed by atoms with Gasteiger partial charge in [0, 0.05) is 13.0 Å². The zero-order chi connectivity index (χ0) is 31.0. The van der Waals surface area contributed by atoms with Gasteiger partial charge >= 0.3 is 17.9 Å². The van der Waals surface area contributed by atoms with Crippen LogP contribution < -0.4 is 0 Å². The van der Waals surface area contributed by atoms with Gasteiger partial charge in [-0.15, -0.1) is 0 Å². The molecule has 9 heteroatoms. The number of benzene rings is 1. The number of esters is 3. The van der Waals surface area contributed by atoms with Gasteiger partial charge < -0.3 is 23.8 Å². The first kappa shape index (κ1) is 37.1. The molecule has 1 amide bonds. The van der Waals surface area contributed by atoms with Gasteiger partial charge in [-0.1, -0.05) is 75.8 Å². The van der Waals surface area contributed by atoms with Crippen molar-refractivity contribution in [3.05, 3.63) is 35.9 Å². The molecule has 0 aliphatic rings. The van der Waals surface area contributed by atoms with Crippen molar-refractivity contribution in [2.24, 2.45) is 0 Å². The molecule has 0 bridgehead atoms. The van der Waals surface area contributed by atoms with Crippen LogP contribution in [0.15, 0.2) is 30.3 Å². The molecule has 2 unspecified atom stereocenters. The van der Waals surface area contributed by atoms with Gasteiger partial charge in [0.05, 0.1) is 32.5 Å². The third-order valence-electron chi connectivity index (χ3n) is 6.92. The SMILES string of the molecule is CCCCCC(CCN(C(=O)CC(=O)OCC)C(CCCCCCC(=O)OCC)C(=O)OCC)OCc1ccccc1. The summed E-state index contributed by atoms with van der Waals surface area (Å²) in [5.74, 6) is -1.76. The van der Waals surface area contributed by atoms with Gasteiger partial charge in [0.25, 0.3) is 0 Å². The molecule has 1 aromatic carbocycles. The summed E-state index contributed by atoms with van der Waals surface area (Å²) < 4.78 is 21.7. The molecule has 2 atom stereocenters. The third kappa shape index (κ3) is 16.5. The van der Waals surface area contributed by atoms with Crippen LogP contribution in [0.25, 0.3) is 0 Å². The van der Waals surface area contributed by atoms with E-state index in [0.717, 1.165) is 44.1 Å². The van der Waals surface area contributed by atoms with E-state index in [2.05, 4.69) is 6.92 Å². The molecular weight excluding hydrogens is 538 g/mol. The summed E-state index contributed by atoms with van der Waals surface area (Å²) in [7, 11) is 0. The largest absolute Gasteiger partial charge is 0.466 e. The maximum Gasteiger partial charge on any atom is 0.328 e. The Morgan fingerprint density at radius 3 is 2.02 bits per heavy atom. The Kier molecular flexibility index (Phi) is 20.8. The van der Waals surface area contributed by atoms with E-state index >= 15 is 0 Å². The molecule has 1 rings (SSSR count). The summed E-state index contributed by atoms with van der Waals surface area (Å²) in [4.78, 5) is 51.9. The van der Waals surface area contributed by atoms with Crippen LogP contribution in [0.5, 0.6) is 0 Å². The van der Waals surface area contributed by atoms with Crippen LogP contribution in [-0.4, -0.2) is 67.2 Å². The number of nitrogens with zero attached hydrogens (tertiary/aromatic N) is 1. The third-order valence-corrected chi connectivity index (χ3v) is 6.92. The number of rotatable bonds is 24. The molecule has 0 spiro atoms. The zero-order valence-electron chi connectivity index (χ0n) is 26.3. The average Bonchev–Trinajstić information content (AvgIpc) is 2.97. The Morgan fingerprint density at radius 1 is 0.714 bits per heavy atom. The van der Waals surface area contributed by atoms with Crippen LogP contribution in [0.4, 0.5) is 0 Å². The fourth-order valence-corrected chi connectivity index (χ4v) is 4.73. The van der Waals surface area contributed by atoms with Gasteiger partial charge in [0.15, 0.2) is 0 Å². The highest BCUT2D eigenvalue weighted by molar-refractivity contribution is 5.96. The lowest BCUT2D eigenvalue weighted by atomic mass is 10.0. The Balaban J connectivity index is 2.99. The summed E-state index contributed by atoms with van der Waals surface area (Å²) in [6.07, 6.45) is 7.71. The predicted molar refractivity (Wildman–Crippen MR) is 161 cm³/mol. The second-order valence-electron chi connectivity index (χ2n) is 10.3. The van der Waals surface area contributed by atoms with Gasteiger partial charge in [-0.2, -0.15) is 0 Å². The molecule has 238 valence electrons. The van der Waals surface area contributed by atoms with Crippen LogP contribution in [0.3, 0.4) is 0 Å². The molecule has 1 aromatic rings. The smallest absolute Gasteiger partial charge is 0.328 e. The van der Waals surface area contributed by atoms with Gasteiger partial charge in [-0.05, 0) is 52.0 Å². The Bertz CT molecular complexity index is 891. The minimum atomic E-state index is -0.817. The van der Waals surface area contributed by atoms with Crippen molar-refractivity contribution in [2.75, 3.05) is 26.4 Å². The van der Waals surface area contributed by atoms with Gasteiger partial charge in [0.1, 0.15) is 12.5 Å². The van der Waals surface area contributed by atoms with Crippen molar-refractivity contribution in [1.29, 1.82) is 0 Å². The second-order valence-corrected chi connectivity index (χ2v) is 10.3. The summed E-state index contributed by atoms with van der Waals surface area (Å²) in [6.45, 7) is 8.80. The minimum Gasteiger partial charge on any atom is -0.466 e. The molecular formula is C33H53NO8. The Labute approximate surface area is 252 Å². The number of hydrogen-bond acceptors (Lipinski definition) is 8. The minimum absolute atomic E-state index is 0.111. The fourth-order valence-electron chi connectivity index (χ4n) is 4.73. The normalized spacial score (nSPS) is 12.3. The van der Waals surface area contributed by atoms with Crippen LogP contribution in [-0.2, 0) is 44.7 Å². The lowest BCUT2D eigenvalue weighted by Crippen LogP contribution is -2.47. The zero-order valence-corrected chi connectivity index (χ0v) is 26.3.